The molecule has 1 aliphatic rings. The van der Waals surface area contributed by atoms with Gasteiger partial charge in [0.25, 0.3) is 0 Å². The van der Waals surface area contributed by atoms with E-state index in [0.29, 0.717) is 12.0 Å². The normalized spacial score (nSPS) is 21.7. The highest BCUT2D eigenvalue weighted by Gasteiger charge is 2.20. The molecule has 120 valence electrons. The number of nitrogens with one attached hydrogen (secondary N) is 2. The molecule has 2 unspecified atom stereocenters. The zero-order valence-electron chi connectivity index (χ0n) is 13.8. The van der Waals surface area contributed by atoms with E-state index in [0.717, 1.165) is 25.0 Å². The molecular formula is C15H33IN4. The Morgan fingerprint density at radius 1 is 1.30 bits per heavy atom. The van der Waals surface area contributed by atoms with E-state index in [1.54, 1.807) is 0 Å². The lowest BCUT2D eigenvalue weighted by atomic mass is 10.1. The van der Waals surface area contributed by atoms with Crippen LogP contribution in [0.25, 0.3) is 0 Å². The quantitative estimate of drug-likeness (QED) is 0.412. The minimum Gasteiger partial charge on any atom is -0.357 e. The van der Waals surface area contributed by atoms with Crippen molar-refractivity contribution in [2.75, 3.05) is 32.7 Å². The first-order valence-electron chi connectivity index (χ1n) is 7.84. The van der Waals surface area contributed by atoms with Gasteiger partial charge in [0.1, 0.15) is 0 Å². The van der Waals surface area contributed by atoms with Crippen LogP contribution in [-0.4, -0.2) is 49.6 Å². The van der Waals surface area contributed by atoms with Crippen molar-refractivity contribution in [3.63, 3.8) is 0 Å². The fraction of sp³-hybridized carbons (Fsp3) is 0.933. The molecule has 2 atom stereocenters. The van der Waals surface area contributed by atoms with Gasteiger partial charge in [-0.1, -0.05) is 20.8 Å². The van der Waals surface area contributed by atoms with E-state index in [2.05, 4.69) is 50.2 Å². The number of halogens is 1. The van der Waals surface area contributed by atoms with Gasteiger partial charge in [0.2, 0.25) is 0 Å². The third-order valence-corrected chi connectivity index (χ3v) is 4.03. The molecule has 0 aromatic carbocycles. The van der Waals surface area contributed by atoms with Gasteiger partial charge in [-0.3, -0.25) is 4.99 Å². The number of nitrogens with zero attached hydrogens (tertiary/aromatic N) is 2. The summed E-state index contributed by atoms with van der Waals surface area (Å²) in [4.78, 5) is 7.27. The molecule has 1 fully saturated rings. The highest BCUT2D eigenvalue weighted by molar-refractivity contribution is 14.0. The van der Waals surface area contributed by atoms with Crippen LogP contribution >= 0.6 is 24.0 Å². The van der Waals surface area contributed by atoms with Crippen LogP contribution in [0.15, 0.2) is 4.99 Å². The van der Waals surface area contributed by atoms with Gasteiger partial charge >= 0.3 is 0 Å². The Balaban J connectivity index is 0.00000361. The maximum atomic E-state index is 4.75. The molecule has 1 rings (SSSR count). The van der Waals surface area contributed by atoms with Crippen molar-refractivity contribution >= 4 is 29.9 Å². The molecule has 0 bridgehead atoms. The second kappa shape index (κ2) is 10.7. The lowest BCUT2D eigenvalue weighted by Gasteiger charge is -2.21. The van der Waals surface area contributed by atoms with Gasteiger partial charge in [-0.25, -0.2) is 0 Å². The number of likely N-dealkylation sites (tertiary alicyclic amines) is 1. The van der Waals surface area contributed by atoms with Gasteiger partial charge < -0.3 is 15.5 Å². The summed E-state index contributed by atoms with van der Waals surface area (Å²) in [7, 11) is 0. The van der Waals surface area contributed by atoms with E-state index in [-0.39, 0.29) is 24.0 Å². The van der Waals surface area contributed by atoms with Crippen molar-refractivity contribution in [2.45, 2.75) is 47.1 Å². The highest BCUT2D eigenvalue weighted by Crippen LogP contribution is 2.15. The fourth-order valence-corrected chi connectivity index (χ4v) is 2.27. The monoisotopic (exact) mass is 396 g/mol. The largest absolute Gasteiger partial charge is 0.357 e. The molecule has 20 heavy (non-hydrogen) atoms. The van der Waals surface area contributed by atoms with Crippen LogP contribution in [0.4, 0.5) is 0 Å². The minimum atomic E-state index is 0. The number of hydrogen-bond acceptors (Lipinski definition) is 2. The molecule has 5 heteroatoms. The van der Waals surface area contributed by atoms with Crippen molar-refractivity contribution in [3.05, 3.63) is 0 Å². The fourth-order valence-electron chi connectivity index (χ4n) is 2.27. The van der Waals surface area contributed by atoms with Crippen LogP contribution in [-0.2, 0) is 0 Å². The Morgan fingerprint density at radius 2 is 2.00 bits per heavy atom. The van der Waals surface area contributed by atoms with Crippen LogP contribution in [0.1, 0.15) is 41.0 Å². The van der Waals surface area contributed by atoms with Crippen LogP contribution in [0.5, 0.6) is 0 Å². The SMILES string of the molecule is CCNC(=NCC1CCN(CC)C1)NC(C)C(C)C.I. The van der Waals surface area contributed by atoms with E-state index in [1.165, 1.54) is 26.1 Å². The number of aliphatic imine (C=N–C) groups is 1. The van der Waals surface area contributed by atoms with E-state index in [4.69, 9.17) is 4.99 Å². The molecule has 1 aliphatic heterocycles. The minimum absolute atomic E-state index is 0. The van der Waals surface area contributed by atoms with Gasteiger partial charge in [-0.05, 0) is 45.2 Å². The number of rotatable bonds is 6. The summed E-state index contributed by atoms with van der Waals surface area (Å²) in [6.45, 7) is 16.5. The summed E-state index contributed by atoms with van der Waals surface area (Å²) in [5.74, 6) is 2.31. The lowest BCUT2D eigenvalue weighted by Crippen LogP contribution is -2.44. The summed E-state index contributed by atoms with van der Waals surface area (Å²) in [6, 6.07) is 0.452. The van der Waals surface area contributed by atoms with E-state index < -0.39 is 0 Å². The van der Waals surface area contributed by atoms with Crippen molar-refractivity contribution in [2.24, 2.45) is 16.8 Å². The molecule has 1 saturated heterocycles. The average Bonchev–Trinajstić information content (AvgIpc) is 2.84. The maximum absolute atomic E-state index is 4.75. The van der Waals surface area contributed by atoms with E-state index in [9.17, 15) is 0 Å². The summed E-state index contributed by atoms with van der Waals surface area (Å²) in [6.07, 6.45) is 1.29. The molecule has 0 aliphatic carbocycles. The molecule has 0 amide bonds. The number of hydrogen-bond donors (Lipinski definition) is 2. The predicted octanol–water partition coefficient (Wildman–Crippen LogP) is 2.55. The van der Waals surface area contributed by atoms with Crippen molar-refractivity contribution in [1.82, 2.24) is 15.5 Å². The zero-order chi connectivity index (χ0) is 14.3. The smallest absolute Gasteiger partial charge is 0.191 e. The molecule has 0 aromatic heterocycles. The molecule has 0 radical (unpaired) electrons. The third-order valence-electron chi connectivity index (χ3n) is 4.03. The maximum Gasteiger partial charge on any atom is 0.191 e. The summed E-state index contributed by atoms with van der Waals surface area (Å²) < 4.78 is 0. The predicted molar refractivity (Wildman–Crippen MR) is 99.1 cm³/mol. The lowest BCUT2D eigenvalue weighted by molar-refractivity contribution is 0.343. The van der Waals surface area contributed by atoms with Gasteiger partial charge in [0.15, 0.2) is 5.96 Å². The zero-order valence-corrected chi connectivity index (χ0v) is 16.1. The number of guanidine groups is 1. The van der Waals surface area contributed by atoms with Crippen LogP contribution in [0.2, 0.25) is 0 Å². The Kier molecular flexibility index (Phi) is 10.6. The molecule has 4 nitrogen and oxygen atoms in total. The molecule has 0 aromatic rings. The second-order valence-electron chi connectivity index (χ2n) is 5.94. The molecule has 0 saturated carbocycles. The van der Waals surface area contributed by atoms with Gasteiger partial charge in [0.05, 0.1) is 0 Å². The van der Waals surface area contributed by atoms with Crippen LogP contribution in [0, 0.1) is 11.8 Å². The van der Waals surface area contributed by atoms with Gasteiger partial charge in [-0.15, -0.1) is 24.0 Å². The Bertz CT molecular complexity index is 281. The summed E-state index contributed by atoms with van der Waals surface area (Å²) >= 11 is 0. The van der Waals surface area contributed by atoms with Crippen LogP contribution < -0.4 is 10.6 Å². The van der Waals surface area contributed by atoms with E-state index >= 15 is 0 Å². The Hall–Kier alpha value is -0.0400. The molecule has 0 spiro atoms. The molecule has 2 N–H and O–H groups in total. The van der Waals surface area contributed by atoms with Gasteiger partial charge in [0, 0.05) is 25.7 Å². The van der Waals surface area contributed by atoms with E-state index in [1.807, 2.05) is 0 Å². The first-order chi connectivity index (χ1) is 9.06. The van der Waals surface area contributed by atoms with Crippen molar-refractivity contribution in [3.8, 4) is 0 Å². The average molecular weight is 396 g/mol. The second-order valence-corrected chi connectivity index (χ2v) is 5.94. The Labute approximate surface area is 142 Å². The highest BCUT2D eigenvalue weighted by atomic mass is 127. The third kappa shape index (κ3) is 7.11. The first kappa shape index (κ1) is 20.0. The summed E-state index contributed by atoms with van der Waals surface area (Å²) in [5.41, 5.74) is 0. The van der Waals surface area contributed by atoms with Crippen molar-refractivity contribution < 1.29 is 0 Å². The molecular weight excluding hydrogens is 363 g/mol. The standard InChI is InChI=1S/C15H32N4.HI/c1-6-16-15(18-13(5)12(3)4)17-10-14-8-9-19(7-2)11-14;/h12-14H,6-11H2,1-5H3,(H2,16,17,18);1H. The summed E-state index contributed by atoms with van der Waals surface area (Å²) in [5, 5.41) is 6.83. The first-order valence-corrected chi connectivity index (χ1v) is 7.84. The van der Waals surface area contributed by atoms with Crippen LogP contribution in [0.3, 0.4) is 0 Å². The van der Waals surface area contributed by atoms with Crippen molar-refractivity contribution in [1.29, 1.82) is 0 Å². The molecule has 1 heterocycles. The van der Waals surface area contributed by atoms with Gasteiger partial charge in [-0.2, -0.15) is 0 Å². The topological polar surface area (TPSA) is 39.7 Å². The Morgan fingerprint density at radius 3 is 2.50 bits per heavy atom.